The Morgan fingerprint density at radius 3 is 2.78 bits per heavy atom. The van der Waals surface area contributed by atoms with Crippen LogP contribution < -0.4 is 11.1 Å². The van der Waals surface area contributed by atoms with E-state index in [4.69, 9.17) is 0 Å². The first-order valence-corrected chi connectivity index (χ1v) is 6.34. The fourth-order valence-corrected chi connectivity index (χ4v) is 2.03. The van der Waals surface area contributed by atoms with Gasteiger partial charge in [0.25, 0.3) is 0 Å². The van der Waals surface area contributed by atoms with Gasteiger partial charge in [0.2, 0.25) is 0 Å². The number of nitrogens with two attached hydrogens (primary N) is 1. The number of nitrogens with one attached hydrogen (secondary N) is 1. The van der Waals surface area contributed by atoms with E-state index in [-0.39, 0.29) is 0 Å². The van der Waals surface area contributed by atoms with Gasteiger partial charge in [0.15, 0.2) is 11.4 Å². The quantitative estimate of drug-likeness (QED) is 0.825. The molecule has 0 unspecified atom stereocenters. The van der Waals surface area contributed by atoms with Gasteiger partial charge in [-0.25, -0.2) is 9.67 Å². The molecule has 0 spiro atoms. The van der Waals surface area contributed by atoms with Crippen molar-refractivity contribution in [1.82, 2.24) is 14.8 Å². The molecule has 0 aliphatic heterocycles. The highest BCUT2D eigenvalue weighted by Gasteiger charge is 2.07. The Labute approximate surface area is 110 Å². The van der Waals surface area contributed by atoms with Crippen molar-refractivity contribution in [2.45, 2.75) is 20.4 Å². The molecule has 0 aliphatic rings. The minimum Gasteiger partial charge on any atom is -0.333 e. The topological polar surface area (TPSA) is 85.8 Å². The Kier molecular flexibility index (Phi) is 5.47. The summed E-state index contributed by atoms with van der Waals surface area (Å²) in [7, 11) is 1.50. The summed E-state index contributed by atoms with van der Waals surface area (Å²) in [6, 6.07) is 1.72. The van der Waals surface area contributed by atoms with Gasteiger partial charge in [-0.05, 0) is 20.9 Å². The molecule has 0 saturated heterocycles. The van der Waals surface area contributed by atoms with Crippen molar-refractivity contribution in [2.24, 2.45) is 5.73 Å². The number of aldehydes is 1. The van der Waals surface area contributed by atoms with Gasteiger partial charge in [-0.2, -0.15) is 5.10 Å². The standard InChI is InChI=1S/C10H12N4OS.CH5N/c1-3-14-9(4-8(6-15)13-14)12-10-11-5-7(2)16-10;1-2/h4-6H,3H2,1-2H3,(H,11,12);2H2,1H3. The van der Waals surface area contributed by atoms with E-state index in [9.17, 15) is 4.79 Å². The third kappa shape index (κ3) is 3.38. The van der Waals surface area contributed by atoms with Gasteiger partial charge < -0.3 is 11.1 Å². The Bertz CT molecular complexity index is 505. The van der Waals surface area contributed by atoms with Crippen molar-refractivity contribution in [3.63, 3.8) is 0 Å². The summed E-state index contributed by atoms with van der Waals surface area (Å²) in [5.74, 6) is 0.791. The molecule has 0 amide bonds. The molecule has 0 saturated carbocycles. The van der Waals surface area contributed by atoms with E-state index in [1.54, 1.807) is 28.3 Å². The second-order valence-corrected chi connectivity index (χ2v) is 4.52. The summed E-state index contributed by atoms with van der Waals surface area (Å²) < 4.78 is 1.74. The number of carbonyl (C=O) groups is 1. The van der Waals surface area contributed by atoms with Crippen LogP contribution in [0.3, 0.4) is 0 Å². The molecule has 0 fully saturated rings. The first-order valence-electron chi connectivity index (χ1n) is 5.53. The third-order valence-corrected chi connectivity index (χ3v) is 2.90. The fraction of sp³-hybridized carbons (Fsp3) is 0.364. The highest BCUT2D eigenvalue weighted by molar-refractivity contribution is 7.15. The van der Waals surface area contributed by atoms with Crippen LogP contribution in [0.25, 0.3) is 0 Å². The van der Waals surface area contributed by atoms with Crippen LogP contribution in [0, 0.1) is 6.92 Å². The lowest BCUT2D eigenvalue weighted by Crippen LogP contribution is -2.02. The molecule has 6 nitrogen and oxygen atoms in total. The fourth-order valence-electron chi connectivity index (χ4n) is 1.36. The van der Waals surface area contributed by atoms with Crippen LogP contribution in [-0.2, 0) is 6.54 Å². The van der Waals surface area contributed by atoms with Crippen LogP contribution in [-0.4, -0.2) is 28.1 Å². The zero-order valence-electron chi connectivity index (χ0n) is 10.7. The molecule has 2 heterocycles. The number of anilines is 2. The van der Waals surface area contributed by atoms with E-state index in [1.807, 2.05) is 13.8 Å². The maximum Gasteiger partial charge on any atom is 0.188 e. The van der Waals surface area contributed by atoms with Gasteiger partial charge in [0, 0.05) is 23.7 Å². The second kappa shape index (κ2) is 6.87. The molecule has 0 atom stereocenters. The second-order valence-electron chi connectivity index (χ2n) is 3.29. The summed E-state index contributed by atoms with van der Waals surface area (Å²) >= 11 is 1.57. The first-order chi connectivity index (χ1) is 8.72. The van der Waals surface area contributed by atoms with E-state index in [1.165, 1.54) is 7.05 Å². The average Bonchev–Trinajstić information content (AvgIpc) is 2.98. The van der Waals surface area contributed by atoms with Crippen molar-refractivity contribution in [1.29, 1.82) is 0 Å². The largest absolute Gasteiger partial charge is 0.333 e. The maximum absolute atomic E-state index is 10.6. The van der Waals surface area contributed by atoms with Crippen molar-refractivity contribution < 1.29 is 4.79 Å². The van der Waals surface area contributed by atoms with Crippen LogP contribution in [0.5, 0.6) is 0 Å². The van der Waals surface area contributed by atoms with Crippen LogP contribution in [0.2, 0.25) is 0 Å². The van der Waals surface area contributed by atoms with E-state index in [2.05, 4.69) is 21.1 Å². The summed E-state index contributed by atoms with van der Waals surface area (Å²) in [4.78, 5) is 16.0. The predicted octanol–water partition coefficient (Wildman–Crippen LogP) is 1.80. The zero-order valence-corrected chi connectivity index (χ0v) is 11.5. The average molecular weight is 267 g/mol. The monoisotopic (exact) mass is 267 g/mol. The lowest BCUT2D eigenvalue weighted by atomic mass is 10.4. The molecular weight excluding hydrogens is 250 g/mol. The van der Waals surface area contributed by atoms with Crippen molar-refractivity contribution in [3.05, 3.63) is 22.8 Å². The van der Waals surface area contributed by atoms with Crippen molar-refractivity contribution >= 4 is 28.6 Å². The molecule has 0 aliphatic carbocycles. The normalized spacial score (nSPS) is 9.56. The number of carbonyl (C=O) groups excluding carboxylic acids is 1. The molecule has 3 N–H and O–H groups in total. The summed E-state index contributed by atoms with van der Waals surface area (Å²) in [6.07, 6.45) is 2.55. The van der Waals surface area contributed by atoms with Crippen LogP contribution in [0.15, 0.2) is 12.3 Å². The molecule has 2 rings (SSSR count). The Morgan fingerprint density at radius 2 is 2.28 bits per heavy atom. The summed E-state index contributed by atoms with van der Waals surface area (Å²) in [5, 5.41) is 8.07. The Hall–Kier alpha value is -1.73. The van der Waals surface area contributed by atoms with Gasteiger partial charge >= 0.3 is 0 Å². The number of nitrogens with zero attached hydrogens (tertiary/aromatic N) is 3. The molecule has 98 valence electrons. The van der Waals surface area contributed by atoms with Crippen molar-refractivity contribution in [3.8, 4) is 0 Å². The third-order valence-electron chi connectivity index (χ3n) is 2.08. The minimum atomic E-state index is 0.428. The molecule has 18 heavy (non-hydrogen) atoms. The molecule has 0 aromatic carbocycles. The smallest absolute Gasteiger partial charge is 0.188 e. The van der Waals surface area contributed by atoms with Crippen LogP contribution >= 0.6 is 11.3 Å². The Balaban J connectivity index is 0.000000771. The van der Waals surface area contributed by atoms with Crippen LogP contribution in [0.1, 0.15) is 22.3 Å². The molecular formula is C11H17N5OS. The van der Waals surface area contributed by atoms with Gasteiger partial charge in [-0.3, -0.25) is 4.79 Å². The molecule has 0 bridgehead atoms. The lowest BCUT2D eigenvalue weighted by molar-refractivity contribution is 0.111. The summed E-state index contributed by atoms with van der Waals surface area (Å²) in [6.45, 7) is 4.68. The number of aryl methyl sites for hydroxylation is 2. The lowest BCUT2D eigenvalue weighted by Gasteiger charge is -2.03. The highest BCUT2D eigenvalue weighted by atomic mass is 32.1. The Morgan fingerprint density at radius 1 is 1.56 bits per heavy atom. The number of thiazole rings is 1. The van der Waals surface area contributed by atoms with Gasteiger partial charge in [-0.15, -0.1) is 11.3 Å². The van der Waals surface area contributed by atoms with E-state index in [0.717, 1.165) is 22.1 Å². The van der Waals surface area contributed by atoms with E-state index < -0.39 is 0 Å². The molecule has 2 aromatic rings. The van der Waals surface area contributed by atoms with E-state index >= 15 is 0 Å². The molecule has 7 heteroatoms. The SMILES string of the molecule is CCn1nc(C=O)cc1Nc1ncc(C)s1.CN. The van der Waals surface area contributed by atoms with Gasteiger partial charge in [0.05, 0.1) is 0 Å². The highest BCUT2D eigenvalue weighted by Crippen LogP contribution is 2.22. The van der Waals surface area contributed by atoms with Crippen LogP contribution in [0.4, 0.5) is 10.9 Å². The maximum atomic E-state index is 10.6. The number of hydrogen-bond donors (Lipinski definition) is 2. The number of hydrogen-bond acceptors (Lipinski definition) is 6. The molecule has 2 aromatic heterocycles. The number of aromatic nitrogens is 3. The predicted molar refractivity (Wildman–Crippen MR) is 73.5 cm³/mol. The van der Waals surface area contributed by atoms with E-state index in [0.29, 0.717) is 12.2 Å². The summed E-state index contributed by atoms with van der Waals surface area (Å²) in [5.41, 5.74) is 4.93. The first kappa shape index (κ1) is 14.3. The number of rotatable bonds is 4. The zero-order chi connectivity index (χ0) is 13.5. The van der Waals surface area contributed by atoms with Gasteiger partial charge in [0.1, 0.15) is 11.5 Å². The molecule has 0 radical (unpaired) electrons. The minimum absolute atomic E-state index is 0.428. The van der Waals surface area contributed by atoms with Crippen molar-refractivity contribution in [2.75, 3.05) is 12.4 Å². The van der Waals surface area contributed by atoms with Gasteiger partial charge in [-0.1, -0.05) is 0 Å².